The van der Waals surface area contributed by atoms with Crippen LogP contribution in [0.25, 0.3) is 0 Å². The minimum Gasteiger partial charge on any atom is -0.380 e. The number of rotatable bonds is 9. The minimum absolute atomic E-state index is 0.0649. The molecule has 0 saturated heterocycles. The molecule has 0 aliphatic carbocycles. The Morgan fingerprint density at radius 1 is 1.32 bits per heavy atom. The summed E-state index contributed by atoms with van der Waals surface area (Å²) in [6, 6.07) is 9.88. The van der Waals surface area contributed by atoms with Crippen LogP contribution in [0.2, 0.25) is 0 Å². The molecule has 3 nitrogen and oxygen atoms in total. The number of hydrogen-bond donors (Lipinski definition) is 1. The summed E-state index contributed by atoms with van der Waals surface area (Å²) < 4.78 is 5.25. The third-order valence-electron chi connectivity index (χ3n) is 2.91. The first-order chi connectivity index (χ1) is 9.29. The lowest BCUT2D eigenvalue weighted by Crippen LogP contribution is -2.30. The van der Waals surface area contributed by atoms with Gasteiger partial charge < -0.3 is 10.1 Å². The summed E-state index contributed by atoms with van der Waals surface area (Å²) in [5.74, 6) is 0.536. The smallest absolute Gasteiger partial charge is 0.227 e. The molecule has 0 aliphatic rings. The predicted octanol–water partition coefficient (Wildman–Crippen LogP) is 2.94. The summed E-state index contributed by atoms with van der Waals surface area (Å²) in [5, 5.41) is 2.96. The average Bonchev–Trinajstić information content (AvgIpc) is 2.45. The van der Waals surface area contributed by atoms with E-state index >= 15 is 0 Å². The van der Waals surface area contributed by atoms with E-state index in [0.717, 1.165) is 18.4 Å². The maximum atomic E-state index is 12.1. The topological polar surface area (TPSA) is 38.3 Å². The molecule has 0 aliphatic heterocycles. The highest BCUT2D eigenvalue weighted by Gasteiger charge is 2.17. The molecule has 1 unspecified atom stereocenters. The highest BCUT2D eigenvalue weighted by molar-refractivity contribution is 6.17. The molecule has 1 rings (SSSR count). The van der Waals surface area contributed by atoms with Crippen molar-refractivity contribution in [1.82, 2.24) is 5.32 Å². The summed E-state index contributed by atoms with van der Waals surface area (Å²) in [6.45, 7) is 3.87. The first-order valence-corrected chi connectivity index (χ1v) is 7.29. The van der Waals surface area contributed by atoms with Gasteiger partial charge in [-0.2, -0.15) is 0 Å². The molecule has 0 fully saturated rings. The van der Waals surface area contributed by atoms with Crippen LogP contribution in [-0.4, -0.2) is 31.5 Å². The van der Waals surface area contributed by atoms with Gasteiger partial charge in [-0.15, -0.1) is 11.6 Å². The number of ether oxygens (including phenoxy) is 1. The Balaban J connectivity index is 2.31. The summed E-state index contributed by atoms with van der Waals surface area (Å²) in [4.78, 5) is 12.1. The first kappa shape index (κ1) is 16.0. The maximum absolute atomic E-state index is 12.1. The maximum Gasteiger partial charge on any atom is 0.227 e. The third-order valence-corrected chi connectivity index (χ3v) is 3.07. The van der Waals surface area contributed by atoms with Gasteiger partial charge in [0, 0.05) is 19.0 Å². The van der Waals surface area contributed by atoms with Crippen molar-refractivity contribution in [1.29, 1.82) is 0 Å². The second-order valence-corrected chi connectivity index (χ2v) is 4.70. The van der Waals surface area contributed by atoms with Crippen molar-refractivity contribution in [2.24, 2.45) is 0 Å². The molecule has 1 atom stereocenters. The second kappa shape index (κ2) is 9.82. The lowest BCUT2D eigenvalue weighted by Gasteiger charge is -2.15. The number of halogens is 1. The van der Waals surface area contributed by atoms with Gasteiger partial charge in [-0.3, -0.25) is 4.79 Å². The van der Waals surface area contributed by atoms with E-state index in [1.54, 1.807) is 0 Å². The minimum atomic E-state index is -0.0649. The highest BCUT2D eigenvalue weighted by Crippen LogP contribution is 2.18. The van der Waals surface area contributed by atoms with Crippen molar-refractivity contribution in [3.63, 3.8) is 0 Å². The third kappa shape index (κ3) is 6.08. The van der Waals surface area contributed by atoms with Crippen molar-refractivity contribution < 1.29 is 9.53 Å². The standard InChI is InChI=1S/C15H22ClNO2/c1-2-14(13-7-4-3-5-8-13)15(18)17-10-6-11-19-12-9-16/h3-5,7-8,14H,2,6,9-12H2,1H3,(H,17,18). The highest BCUT2D eigenvalue weighted by atomic mass is 35.5. The van der Waals surface area contributed by atoms with Crippen LogP contribution in [-0.2, 0) is 9.53 Å². The molecule has 19 heavy (non-hydrogen) atoms. The Kier molecular flexibility index (Phi) is 8.26. The molecule has 0 radical (unpaired) electrons. The molecular weight excluding hydrogens is 262 g/mol. The van der Waals surface area contributed by atoms with Gasteiger partial charge in [-0.05, 0) is 18.4 Å². The second-order valence-electron chi connectivity index (χ2n) is 4.32. The van der Waals surface area contributed by atoms with Gasteiger partial charge in [0.05, 0.1) is 12.5 Å². The Labute approximate surface area is 120 Å². The first-order valence-electron chi connectivity index (χ1n) is 6.76. The van der Waals surface area contributed by atoms with E-state index in [0.29, 0.717) is 25.6 Å². The van der Waals surface area contributed by atoms with E-state index in [4.69, 9.17) is 16.3 Å². The number of amides is 1. The van der Waals surface area contributed by atoms with Gasteiger partial charge in [0.25, 0.3) is 0 Å². The van der Waals surface area contributed by atoms with Crippen LogP contribution in [0, 0.1) is 0 Å². The van der Waals surface area contributed by atoms with E-state index in [-0.39, 0.29) is 11.8 Å². The molecule has 0 spiro atoms. The quantitative estimate of drug-likeness (QED) is 0.559. The average molecular weight is 284 g/mol. The molecule has 1 aromatic carbocycles. The van der Waals surface area contributed by atoms with Gasteiger partial charge in [-0.1, -0.05) is 37.3 Å². The molecule has 0 heterocycles. The van der Waals surface area contributed by atoms with E-state index in [1.807, 2.05) is 37.3 Å². The molecular formula is C15H22ClNO2. The Bertz CT molecular complexity index is 356. The summed E-state index contributed by atoms with van der Waals surface area (Å²) in [7, 11) is 0. The SMILES string of the molecule is CCC(C(=O)NCCCOCCCl)c1ccccc1. The van der Waals surface area contributed by atoms with Gasteiger partial charge in [0.2, 0.25) is 5.91 Å². The van der Waals surface area contributed by atoms with Crippen LogP contribution >= 0.6 is 11.6 Å². The molecule has 4 heteroatoms. The normalized spacial score (nSPS) is 12.1. The zero-order valence-corrected chi connectivity index (χ0v) is 12.2. The summed E-state index contributed by atoms with van der Waals surface area (Å²) >= 11 is 5.50. The Hall–Kier alpha value is -1.06. The molecule has 0 saturated carbocycles. The zero-order valence-electron chi connectivity index (χ0n) is 11.4. The van der Waals surface area contributed by atoms with E-state index in [2.05, 4.69) is 5.32 Å². The zero-order chi connectivity index (χ0) is 13.9. The monoisotopic (exact) mass is 283 g/mol. The number of carbonyl (C=O) groups is 1. The number of benzene rings is 1. The van der Waals surface area contributed by atoms with Gasteiger partial charge in [0.1, 0.15) is 0 Å². The van der Waals surface area contributed by atoms with Crippen molar-refractivity contribution in [3.05, 3.63) is 35.9 Å². The Morgan fingerprint density at radius 3 is 2.68 bits per heavy atom. The number of carbonyl (C=O) groups excluding carboxylic acids is 1. The van der Waals surface area contributed by atoms with Crippen LogP contribution < -0.4 is 5.32 Å². The van der Waals surface area contributed by atoms with Gasteiger partial charge in [-0.25, -0.2) is 0 Å². The fraction of sp³-hybridized carbons (Fsp3) is 0.533. The van der Waals surface area contributed by atoms with Crippen LogP contribution in [0.4, 0.5) is 0 Å². The van der Waals surface area contributed by atoms with Crippen molar-refractivity contribution in [2.75, 3.05) is 25.6 Å². The lowest BCUT2D eigenvalue weighted by atomic mass is 9.96. The summed E-state index contributed by atoms with van der Waals surface area (Å²) in [5.41, 5.74) is 1.07. The number of hydrogen-bond acceptors (Lipinski definition) is 2. The van der Waals surface area contributed by atoms with Crippen LogP contribution in [0.15, 0.2) is 30.3 Å². The molecule has 0 bridgehead atoms. The number of alkyl halides is 1. The van der Waals surface area contributed by atoms with Crippen molar-refractivity contribution in [3.8, 4) is 0 Å². The van der Waals surface area contributed by atoms with Crippen LogP contribution in [0.5, 0.6) is 0 Å². The van der Waals surface area contributed by atoms with Gasteiger partial charge >= 0.3 is 0 Å². The predicted molar refractivity (Wildman–Crippen MR) is 78.6 cm³/mol. The lowest BCUT2D eigenvalue weighted by molar-refractivity contribution is -0.122. The van der Waals surface area contributed by atoms with Crippen molar-refractivity contribution >= 4 is 17.5 Å². The summed E-state index contributed by atoms with van der Waals surface area (Å²) in [6.07, 6.45) is 1.62. The van der Waals surface area contributed by atoms with Crippen molar-refractivity contribution in [2.45, 2.75) is 25.7 Å². The van der Waals surface area contributed by atoms with E-state index in [1.165, 1.54) is 0 Å². The fourth-order valence-corrected chi connectivity index (χ4v) is 2.03. The Morgan fingerprint density at radius 2 is 2.05 bits per heavy atom. The molecule has 1 amide bonds. The fourth-order valence-electron chi connectivity index (χ4n) is 1.92. The van der Waals surface area contributed by atoms with E-state index < -0.39 is 0 Å². The molecule has 1 aromatic rings. The molecule has 106 valence electrons. The van der Waals surface area contributed by atoms with E-state index in [9.17, 15) is 4.79 Å². The molecule has 0 aromatic heterocycles. The van der Waals surface area contributed by atoms with Crippen LogP contribution in [0.3, 0.4) is 0 Å². The molecule has 1 N–H and O–H groups in total. The van der Waals surface area contributed by atoms with Gasteiger partial charge in [0.15, 0.2) is 0 Å². The number of nitrogens with one attached hydrogen (secondary N) is 1. The largest absolute Gasteiger partial charge is 0.380 e. The van der Waals surface area contributed by atoms with Crippen LogP contribution in [0.1, 0.15) is 31.2 Å².